The molecule has 5 nitrogen and oxygen atoms in total. The minimum absolute atomic E-state index is 0.0652. The molecule has 1 heterocycles. The van der Waals surface area contributed by atoms with Gasteiger partial charge in [-0.15, -0.1) is 0 Å². The topological polar surface area (TPSA) is 84.3 Å². The Morgan fingerprint density at radius 3 is 2.29 bits per heavy atom. The monoisotopic (exact) mass is 513 g/mol. The minimum Gasteiger partial charge on any atom is -0.481 e. The third kappa shape index (κ3) is 9.11. The quantitative estimate of drug-likeness (QED) is 0.248. The molecule has 0 aliphatic carbocycles. The van der Waals surface area contributed by atoms with Crippen molar-refractivity contribution in [3.8, 4) is 0 Å². The van der Waals surface area contributed by atoms with Gasteiger partial charge in [0.1, 0.15) is 0 Å². The van der Waals surface area contributed by atoms with Gasteiger partial charge in [0, 0.05) is 23.8 Å². The predicted molar refractivity (Wildman–Crippen MR) is 140 cm³/mol. The average Bonchev–Trinajstić information content (AvgIpc) is 2.85. The van der Waals surface area contributed by atoms with Crippen LogP contribution in [0.15, 0.2) is 78.0 Å². The van der Waals surface area contributed by atoms with Crippen LogP contribution in [0.2, 0.25) is 5.02 Å². The Kier molecular flexibility index (Phi) is 10.3. The molecule has 0 amide bonds. The van der Waals surface area contributed by atoms with Crippen molar-refractivity contribution in [1.82, 2.24) is 4.98 Å². The van der Waals surface area contributed by atoms with Crippen LogP contribution in [0.1, 0.15) is 61.1 Å². The molecule has 1 atom stereocenters. The second kappa shape index (κ2) is 13.4. The standard InChI is InChI=1S/C28H32ClNO4S/c29-26-13-15-27(16-14-26)35(33,34)20-18-24(7-3-1-2-5-23-6-4-19-30-21-23)25-11-8-22(9-12-25)10-17-28(31)32/h4,6,8-9,11-16,19,21,24H,1-3,5,7,10,17-18,20H2,(H,31,32). The lowest BCUT2D eigenvalue weighted by molar-refractivity contribution is -0.136. The maximum Gasteiger partial charge on any atom is 0.303 e. The van der Waals surface area contributed by atoms with Crippen LogP contribution < -0.4 is 0 Å². The first-order valence-corrected chi connectivity index (χ1v) is 14.0. The van der Waals surface area contributed by atoms with Crippen LogP contribution in [-0.2, 0) is 27.5 Å². The molecule has 1 aromatic heterocycles. The second-order valence-corrected chi connectivity index (χ2v) is 11.4. The first-order valence-electron chi connectivity index (χ1n) is 12.0. The lowest BCUT2D eigenvalue weighted by Crippen LogP contribution is -2.11. The Morgan fingerprint density at radius 2 is 1.63 bits per heavy atom. The summed E-state index contributed by atoms with van der Waals surface area (Å²) < 4.78 is 25.8. The van der Waals surface area contributed by atoms with Gasteiger partial charge in [-0.3, -0.25) is 9.78 Å². The van der Waals surface area contributed by atoms with E-state index in [0.717, 1.165) is 43.2 Å². The van der Waals surface area contributed by atoms with Gasteiger partial charge in [-0.2, -0.15) is 0 Å². The number of carbonyl (C=O) groups is 1. The molecule has 35 heavy (non-hydrogen) atoms. The third-order valence-electron chi connectivity index (χ3n) is 6.23. The fourth-order valence-electron chi connectivity index (χ4n) is 4.19. The van der Waals surface area contributed by atoms with Gasteiger partial charge >= 0.3 is 5.97 Å². The van der Waals surface area contributed by atoms with Crippen LogP contribution in [0.3, 0.4) is 0 Å². The Balaban J connectivity index is 1.62. The van der Waals surface area contributed by atoms with E-state index in [0.29, 0.717) is 22.8 Å². The fourth-order valence-corrected chi connectivity index (χ4v) is 5.69. The summed E-state index contributed by atoms with van der Waals surface area (Å²) in [5.41, 5.74) is 3.30. The van der Waals surface area contributed by atoms with Crippen molar-refractivity contribution in [3.63, 3.8) is 0 Å². The number of rotatable bonds is 14. The van der Waals surface area contributed by atoms with Crippen LogP contribution in [0, 0.1) is 0 Å². The maximum absolute atomic E-state index is 12.9. The summed E-state index contributed by atoms with van der Waals surface area (Å²) in [6.45, 7) is 0. The first kappa shape index (κ1) is 26.9. The normalized spacial score (nSPS) is 12.4. The summed E-state index contributed by atoms with van der Waals surface area (Å²) >= 11 is 5.91. The molecular weight excluding hydrogens is 482 g/mol. The van der Waals surface area contributed by atoms with Crippen LogP contribution in [0.25, 0.3) is 0 Å². The zero-order valence-corrected chi connectivity index (χ0v) is 21.3. The lowest BCUT2D eigenvalue weighted by Gasteiger charge is -2.18. The number of carboxylic acids is 1. The van der Waals surface area contributed by atoms with Crippen LogP contribution in [0.4, 0.5) is 0 Å². The predicted octanol–water partition coefficient (Wildman–Crippen LogP) is 6.50. The molecular formula is C28H32ClNO4S. The van der Waals surface area contributed by atoms with E-state index in [-0.39, 0.29) is 18.1 Å². The molecule has 1 N–H and O–H groups in total. The molecule has 0 saturated heterocycles. The van der Waals surface area contributed by atoms with Crippen LogP contribution >= 0.6 is 11.6 Å². The van der Waals surface area contributed by atoms with Crippen molar-refractivity contribution >= 4 is 27.4 Å². The number of nitrogens with zero attached hydrogens (tertiary/aromatic N) is 1. The fraction of sp³-hybridized carbons (Fsp3) is 0.357. The summed E-state index contributed by atoms with van der Waals surface area (Å²) in [6.07, 6.45) is 9.81. The number of unbranched alkanes of at least 4 members (excludes halogenated alkanes) is 2. The number of pyridine rings is 1. The number of halogens is 1. The molecule has 0 saturated carbocycles. The van der Waals surface area contributed by atoms with Gasteiger partial charge in [0.05, 0.1) is 10.6 Å². The Labute approximate surface area is 213 Å². The molecule has 0 radical (unpaired) electrons. The molecule has 3 aromatic rings. The number of sulfone groups is 1. The van der Waals surface area contributed by atoms with E-state index in [4.69, 9.17) is 16.7 Å². The van der Waals surface area contributed by atoms with Gasteiger partial charge in [-0.05, 0) is 85.0 Å². The maximum atomic E-state index is 12.9. The van der Waals surface area contributed by atoms with Crippen molar-refractivity contribution in [1.29, 1.82) is 0 Å². The van der Waals surface area contributed by atoms with E-state index in [1.54, 1.807) is 30.5 Å². The van der Waals surface area contributed by atoms with Gasteiger partial charge in [-0.1, -0.05) is 54.8 Å². The highest BCUT2D eigenvalue weighted by Crippen LogP contribution is 2.29. The van der Waals surface area contributed by atoms with E-state index in [9.17, 15) is 13.2 Å². The summed E-state index contributed by atoms with van der Waals surface area (Å²) in [7, 11) is -3.41. The Hall–Kier alpha value is -2.70. The number of aryl methyl sites for hydroxylation is 2. The van der Waals surface area contributed by atoms with Gasteiger partial charge in [-0.25, -0.2) is 8.42 Å². The highest BCUT2D eigenvalue weighted by Gasteiger charge is 2.19. The van der Waals surface area contributed by atoms with E-state index in [2.05, 4.69) is 11.1 Å². The zero-order chi connectivity index (χ0) is 25.1. The highest BCUT2D eigenvalue weighted by molar-refractivity contribution is 7.91. The summed E-state index contributed by atoms with van der Waals surface area (Å²) in [4.78, 5) is 15.3. The van der Waals surface area contributed by atoms with E-state index in [1.165, 1.54) is 5.56 Å². The molecule has 0 aliphatic heterocycles. The van der Waals surface area contributed by atoms with Crippen LogP contribution in [0.5, 0.6) is 0 Å². The van der Waals surface area contributed by atoms with E-state index in [1.807, 2.05) is 36.5 Å². The Bertz CT molecular complexity index is 1160. The van der Waals surface area contributed by atoms with Crippen molar-refractivity contribution in [2.24, 2.45) is 0 Å². The number of benzene rings is 2. The average molecular weight is 514 g/mol. The summed E-state index contributed by atoms with van der Waals surface area (Å²) in [5.74, 6) is -0.634. The molecule has 7 heteroatoms. The molecule has 186 valence electrons. The first-order chi connectivity index (χ1) is 16.8. The molecule has 2 aromatic carbocycles. The van der Waals surface area contributed by atoms with E-state index >= 15 is 0 Å². The van der Waals surface area contributed by atoms with Gasteiger partial charge in [0.2, 0.25) is 0 Å². The number of hydrogen-bond donors (Lipinski definition) is 1. The number of hydrogen-bond acceptors (Lipinski definition) is 4. The SMILES string of the molecule is O=C(O)CCc1ccc(C(CCCCCc2cccnc2)CCS(=O)(=O)c2ccc(Cl)cc2)cc1. The number of aliphatic carboxylic acids is 1. The second-order valence-electron chi connectivity index (χ2n) is 8.85. The third-order valence-corrected chi connectivity index (χ3v) is 8.24. The molecule has 0 bridgehead atoms. The van der Waals surface area contributed by atoms with Crippen molar-refractivity contribution < 1.29 is 18.3 Å². The van der Waals surface area contributed by atoms with Crippen molar-refractivity contribution in [2.45, 2.75) is 62.2 Å². The smallest absolute Gasteiger partial charge is 0.303 e. The van der Waals surface area contributed by atoms with Crippen molar-refractivity contribution in [2.75, 3.05) is 5.75 Å². The van der Waals surface area contributed by atoms with Gasteiger partial charge in [0.15, 0.2) is 9.84 Å². The largest absolute Gasteiger partial charge is 0.481 e. The molecule has 0 fully saturated rings. The molecule has 3 rings (SSSR count). The Morgan fingerprint density at radius 1 is 0.886 bits per heavy atom. The summed E-state index contributed by atoms with van der Waals surface area (Å²) in [5, 5.41) is 9.43. The molecule has 1 unspecified atom stereocenters. The summed E-state index contributed by atoms with van der Waals surface area (Å²) in [6, 6.07) is 18.3. The number of carboxylic acid groups (broad SMARTS) is 1. The minimum atomic E-state index is -3.41. The van der Waals surface area contributed by atoms with Crippen LogP contribution in [-0.4, -0.2) is 30.2 Å². The lowest BCUT2D eigenvalue weighted by atomic mass is 9.90. The zero-order valence-electron chi connectivity index (χ0n) is 19.8. The highest BCUT2D eigenvalue weighted by atomic mass is 35.5. The number of aromatic nitrogens is 1. The molecule has 0 spiro atoms. The van der Waals surface area contributed by atoms with Crippen molar-refractivity contribution in [3.05, 3.63) is 94.8 Å². The van der Waals surface area contributed by atoms with E-state index < -0.39 is 15.8 Å². The molecule has 0 aliphatic rings. The van der Waals surface area contributed by atoms with Gasteiger partial charge < -0.3 is 5.11 Å². The van der Waals surface area contributed by atoms with Gasteiger partial charge in [0.25, 0.3) is 0 Å².